The van der Waals surface area contributed by atoms with Gasteiger partial charge in [-0.05, 0) is 30.2 Å². The molecule has 0 saturated carbocycles. The van der Waals surface area contributed by atoms with Crippen LogP contribution in [0.5, 0.6) is 0 Å². The summed E-state index contributed by atoms with van der Waals surface area (Å²) in [6.45, 7) is 5.16. The van der Waals surface area contributed by atoms with Crippen LogP contribution in [0.15, 0.2) is 30.5 Å². The number of benzene rings is 1. The predicted octanol–water partition coefficient (Wildman–Crippen LogP) is 3.22. The fourth-order valence-corrected chi connectivity index (χ4v) is 2.25. The molecule has 0 saturated heterocycles. The molecule has 1 aromatic heterocycles. The molecular weight excluding hydrogens is 248 g/mol. The number of aromatic nitrogens is 2. The van der Waals surface area contributed by atoms with E-state index in [1.807, 2.05) is 25.8 Å². The van der Waals surface area contributed by atoms with Crippen molar-refractivity contribution in [3.63, 3.8) is 0 Å². The summed E-state index contributed by atoms with van der Waals surface area (Å²) in [5.41, 5.74) is 4.78. The maximum atomic E-state index is 4.53. The Morgan fingerprint density at radius 2 is 1.85 bits per heavy atom. The molecule has 0 aliphatic rings. The van der Waals surface area contributed by atoms with Gasteiger partial charge >= 0.3 is 0 Å². The van der Waals surface area contributed by atoms with Crippen LogP contribution in [-0.4, -0.2) is 23.9 Å². The summed E-state index contributed by atoms with van der Waals surface area (Å²) in [6, 6.07) is 8.46. The molecule has 1 N–H and O–H groups in total. The molecule has 0 bridgehead atoms. The lowest BCUT2D eigenvalue weighted by Gasteiger charge is -2.13. The Balaban J connectivity index is 2.05. The second-order valence-corrected chi connectivity index (χ2v) is 5.66. The van der Waals surface area contributed by atoms with Gasteiger partial charge in [0.2, 0.25) is 0 Å². The molecule has 0 atom stereocenters. The maximum Gasteiger partial charge on any atom is 0.0699 e. The van der Waals surface area contributed by atoms with Gasteiger partial charge in [0.1, 0.15) is 0 Å². The van der Waals surface area contributed by atoms with Crippen molar-refractivity contribution in [2.24, 2.45) is 7.05 Å². The van der Waals surface area contributed by atoms with Gasteiger partial charge in [-0.1, -0.05) is 13.8 Å². The Kier molecular flexibility index (Phi) is 4.32. The van der Waals surface area contributed by atoms with Gasteiger partial charge in [-0.3, -0.25) is 4.68 Å². The van der Waals surface area contributed by atoms with E-state index in [1.54, 1.807) is 0 Å². The first-order chi connectivity index (χ1) is 9.47. The van der Waals surface area contributed by atoms with Gasteiger partial charge in [0.05, 0.1) is 5.69 Å². The second kappa shape index (κ2) is 5.99. The van der Waals surface area contributed by atoms with Crippen LogP contribution in [0.2, 0.25) is 0 Å². The summed E-state index contributed by atoms with van der Waals surface area (Å²) >= 11 is 0. The summed E-state index contributed by atoms with van der Waals surface area (Å²) in [5.74, 6) is 0.448. The summed E-state index contributed by atoms with van der Waals surface area (Å²) in [7, 11) is 6.07. The standard InChI is InChI=1S/C16H24N4/c1-12(2)16-13(11-20(5)18-16)10-17-14-6-8-15(9-7-14)19(3)4/h6-9,11-12,17H,10H2,1-5H3. The topological polar surface area (TPSA) is 33.1 Å². The quantitative estimate of drug-likeness (QED) is 0.907. The van der Waals surface area contributed by atoms with Crippen LogP contribution in [-0.2, 0) is 13.6 Å². The van der Waals surface area contributed by atoms with Crippen molar-refractivity contribution in [3.8, 4) is 0 Å². The molecule has 4 heteroatoms. The Morgan fingerprint density at radius 1 is 1.20 bits per heavy atom. The maximum absolute atomic E-state index is 4.53. The van der Waals surface area contributed by atoms with E-state index in [-0.39, 0.29) is 0 Å². The van der Waals surface area contributed by atoms with E-state index in [0.717, 1.165) is 12.2 Å². The van der Waals surface area contributed by atoms with E-state index >= 15 is 0 Å². The molecular formula is C16H24N4. The minimum atomic E-state index is 0.448. The fraction of sp³-hybridized carbons (Fsp3) is 0.438. The molecule has 0 aliphatic heterocycles. The van der Waals surface area contributed by atoms with Crippen molar-refractivity contribution < 1.29 is 0 Å². The third-order valence-corrected chi connectivity index (χ3v) is 3.35. The van der Waals surface area contributed by atoms with Gasteiger partial charge in [0.25, 0.3) is 0 Å². The first-order valence-corrected chi connectivity index (χ1v) is 7.01. The van der Waals surface area contributed by atoms with E-state index in [4.69, 9.17) is 0 Å². The third-order valence-electron chi connectivity index (χ3n) is 3.35. The molecule has 20 heavy (non-hydrogen) atoms. The molecule has 1 heterocycles. The van der Waals surface area contributed by atoms with Gasteiger partial charge < -0.3 is 10.2 Å². The van der Waals surface area contributed by atoms with Gasteiger partial charge in [0.15, 0.2) is 0 Å². The Labute approximate surface area is 121 Å². The number of rotatable bonds is 5. The molecule has 0 fully saturated rings. The van der Waals surface area contributed by atoms with Crippen molar-refractivity contribution in [3.05, 3.63) is 41.7 Å². The van der Waals surface area contributed by atoms with Crippen LogP contribution >= 0.6 is 0 Å². The van der Waals surface area contributed by atoms with Crippen LogP contribution < -0.4 is 10.2 Å². The normalized spacial score (nSPS) is 10.9. The minimum Gasteiger partial charge on any atom is -0.381 e. The second-order valence-electron chi connectivity index (χ2n) is 5.66. The van der Waals surface area contributed by atoms with Crippen molar-refractivity contribution in [2.75, 3.05) is 24.3 Å². The highest BCUT2D eigenvalue weighted by Crippen LogP contribution is 2.20. The van der Waals surface area contributed by atoms with Crippen LogP contribution in [0, 0.1) is 0 Å². The molecule has 0 spiro atoms. The lowest BCUT2D eigenvalue weighted by atomic mass is 10.1. The zero-order chi connectivity index (χ0) is 14.7. The number of aryl methyl sites for hydroxylation is 1. The molecule has 0 amide bonds. The molecule has 108 valence electrons. The van der Waals surface area contributed by atoms with Crippen LogP contribution in [0.3, 0.4) is 0 Å². The molecule has 0 aliphatic carbocycles. The van der Waals surface area contributed by atoms with Crippen LogP contribution in [0.4, 0.5) is 11.4 Å². The largest absolute Gasteiger partial charge is 0.381 e. The van der Waals surface area contributed by atoms with Gasteiger partial charge in [0, 0.05) is 50.8 Å². The van der Waals surface area contributed by atoms with E-state index in [9.17, 15) is 0 Å². The third kappa shape index (κ3) is 3.32. The SMILES string of the molecule is CC(C)c1nn(C)cc1CNc1ccc(N(C)C)cc1. The zero-order valence-electron chi connectivity index (χ0n) is 13.0. The van der Waals surface area contributed by atoms with E-state index in [1.165, 1.54) is 16.9 Å². The first-order valence-electron chi connectivity index (χ1n) is 7.01. The summed E-state index contributed by atoms with van der Waals surface area (Å²) < 4.78 is 1.89. The number of nitrogens with one attached hydrogen (secondary N) is 1. The average Bonchev–Trinajstić information content (AvgIpc) is 2.78. The lowest BCUT2D eigenvalue weighted by Crippen LogP contribution is -2.08. The highest BCUT2D eigenvalue weighted by atomic mass is 15.3. The Morgan fingerprint density at radius 3 is 2.40 bits per heavy atom. The molecule has 2 rings (SSSR count). The molecule has 0 radical (unpaired) electrons. The highest BCUT2D eigenvalue weighted by Gasteiger charge is 2.10. The fourth-order valence-electron chi connectivity index (χ4n) is 2.25. The minimum absolute atomic E-state index is 0.448. The van der Waals surface area contributed by atoms with Crippen molar-refractivity contribution in [1.82, 2.24) is 9.78 Å². The number of nitrogens with zero attached hydrogens (tertiary/aromatic N) is 3. The molecule has 4 nitrogen and oxygen atoms in total. The van der Waals surface area contributed by atoms with Crippen LogP contribution in [0.1, 0.15) is 31.0 Å². The number of hydrogen-bond donors (Lipinski definition) is 1. The van der Waals surface area contributed by atoms with E-state index in [2.05, 4.69) is 59.6 Å². The van der Waals surface area contributed by atoms with Crippen LogP contribution in [0.25, 0.3) is 0 Å². The smallest absolute Gasteiger partial charge is 0.0699 e. The monoisotopic (exact) mass is 272 g/mol. The van der Waals surface area contributed by atoms with E-state index < -0.39 is 0 Å². The van der Waals surface area contributed by atoms with Crippen molar-refractivity contribution >= 4 is 11.4 Å². The molecule has 0 unspecified atom stereocenters. The van der Waals surface area contributed by atoms with Crippen molar-refractivity contribution in [1.29, 1.82) is 0 Å². The first kappa shape index (κ1) is 14.4. The molecule has 1 aromatic carbocycles. The number of hydrogen-bond acceptors (Lipinski definition) is 3. The van der Waals surface area contributed by atoms with Gasteiger partial charge in [-0.25, -0.2) is 0 Å². The van der Waals surface area contributed by atoms with Gasteiger partial charge in [-0.2, -0.15) is 5.10 Å². The zero-order valence-corrected chi connectivity index (χ0v) is 13.0. The van der Waals surface area contributed by atoms with Gasteiger partial charge in [-0.15, -0.1) is 0 Å². The number of anilines is 2. The highest BCUT2D eigenvalue weighted by molar-refractivity contribution is 5.54. The average molecular weight is 272 g/mol. The summed E-state index contributed by atoms with van der Waals surface area (Å²) in [5, 5.41) is 7.99. The Bertz CT molecular complexity index is 552. The Hall–Kier alpha value is -1.97. The summed E-state index contributed by atoms with van der Waals surface area (Å²) in [6.07, 6.45) is 2.09. The molecule has 2 aromatic rings. The lowest BCUT2D eigenvalue weighted by molar-refractivity contribution is 0.712. The van der Waals surface area contributed by atoms with E-state index in [0.29, 0.717) is 5.92 Å². The summed E-state index contributed by atoms with van der Waals surface area (Å²) in [4.78, 5) is 2.10. The van der Waals surface area contributed by atoms with Crippen molar-refractivity contribution in [2.45, 2.75) is 26.3 Å². The predicted molar refractivity (Wildman–Crippen MR) is 85.4 cm³/mol.